The van der Waals surface area contributed by atoms with Gasteiger partial charge in [-0.3, -0.25) is 4.90 Å². The Bertz CT molecular complexity index is 541. The molecule has 1 atom stereocenters. The zero-order chi connectivity index (χ0) is 14.5. The summed E-state index contributed by atoms with van der Waals surface area (Å²) in [6, 6.07) is 7.10. The van der Waals surface area contributed by atoms with Gasteiger partial charge in [-0.15, -0.1) is 0 Å². The molecule has 108 valence electrons. The predicted molar refractivity (Wildman–Crippen MR) is 70.9 cm³/mol. The number of nitrogens with zero attached hydrogens (tertiary/aromatic N) is 1. The highest BCUT2D eigenvalue weighted by Crippen LogP contribution is 2.15. The second kappa shape index (κ2) is 6.63. The SMILES string of the molecule is CC(O)CN(Cc1ccco1)Cc1ccc(F)cc1F. The summed E-state index contributed by atoms with van der Waals surface area (Å²) in [4.78, 5) is 1.85. The Morgan fingerprint density at radius 3 is 2.65 bits per heavy atom. The highest BCUT2D eigenvalue weighted by Gasteiger charge is 2.14. The fraction of sp³-hybridized carbons (Fsp3) is 0.333. The average Bonchev–Trinajstić information content (AvgIpc) is 2.84. The molecule has 5 heteroatoms. The Balaban J connectivity index is 2.10. The minimum atomic E-state index is -0.598. The predicted octanol–water partition coefficient (Wildman–Crippen LogP) is 2.94. The molecule has 20 heavy (non-hydrogen) atoms. The summed E-state index contributed by atoms with van der Waals surface area (Å²) >= 11 is 0. The van der Waals surface area contributed by atoms with Crippen LogP contribution in [0, 0.1) is 11.6 Å². The molecule has 0 amide bonds. The van der Waals surface area contributed by atoms with Crippen molar-refractivity contribution >= 4 is 0 Å². The van der Waals surface area contributed by atoms with Crippen molar-refractivity contribution in [2.45, 2.75) is 26.1 Å². The van der Waals surface area contributed by atoms with Gasteiger partial charge in [0.2, 0.25) is 0 Å². The molecular formula is C15H17F2NO2. The Hall–Kier alpha value is -1.72. The highest BCUT2D eigenvalue weighted by atomic mass is 19.1. The molecule has 0 spiro atoms. The van der Waals surface area contributed by atoms with Gasteiger partial charge in [0.15, 0.2) is 0 Å². The molecule has 3 nitrogen and oxygen atoms in total. The molecule has 0 radical (unpaired) electrons. The van der Waals surface area contributed by atoms with E-state index in [2.05, 4.69) is 0 Å². The van der Waals surface area contributed by atoms with Crippen molar-refractivity contribution in [1.29, 1.82) is 0 Å². The molecule has 0 aliphatic carbocycles. The van der Waals surface area contributed by atoms with Gasteiger partial charge in [-0.05, 0) is 25.1 Å². The number of rotatable bonds is 6. The van der Waals surface area contributed by atoms with Crippen LogP contribution in [-0.4, -0.2) is 22.7 Å². The lowest BCUT2D eigenvalue weighted by atomic mass is 10.2. The Morgan fingerprint density at radius 2 is 2.05 bits per heavy atom. The van der Waals surface area contributed by atoms with Crippen LogP contribution in [0.4, 0.5) is 8.78 Å². The molecule has 0 saturated heterocycles. The van der Waals surface area contributed by atoms with Crippen LogP contribution in [-0.2, 0) is 13.1 Å². The zero-order valence-electron chi connectivity index (χ0n) is 11.2. The number of benzene rings is 1. The summed E-state index contributed by atoms with van der Waals surface area (Å²) in [6.07, 6.45) is 1.02. The maximum absolute atomic E-state index is 13.7. The van der Waals surface area contributed by atoms with Crippen LogP contribution in [0.3, 0.4) is 0 Å². The minimum absolute atomic E-state index is 0.276. The molecule has 1 aromatic heterocycles. The summed E-state index contributed by atoms with van der Waals surface area (Å²) in [5.74, 6) is -0.451. The van der Waals surface area contributed by atoms with E-state index in [-0.39, 0.29) is 6.54 Å². The van der Waals surface area contributed by atoms with Crippen molar-refractivity contribution in [3.05, 3.63) is 59.6 Å². The third kappa shape index (κ3) is 4.15. The molecule has 1 heterocycles. The maximum Gasteiger partial charge on any atom is 0.130 e. The summed E-state index contributed by atoms with van der Waals surface area (Å²) in [6.45, 7) is 2.76. The van der Waals surface area contributed by atoms with Crippen molar-refractivity contribution in [3.63, 3.8) is 0 Å². The second-order valence-electron chi connectivity index (χ2n) is 4.83. The molecule has 1 N–H and O–H groups in total. The van der Waals surface area contributed by atoms with Crippen LogP contribution in [0.2, 0.25) is 0 Å². The molecule has 1 aromatic carbocycles. The normalized spacial score (nSPS) is 12.8. The molecule has 0 aliphatic heterocycles. The van der Waals surface area contributed by atoms with Crippen molar-refractivity contribution in [3.8, 4) is 0 Å². The van der Waals surface area contributed by atoms with Gasteiger partial charge in [0.1, 0.15) is 17.4 Å². The van der Waals surface area contributed by atoms with Crippen molar-refractivity contribution in [1.82, 2.24) is 4.90 Å². The van der Waals surface area contributed by atoms with Gasteiger partial charge >= 0.3 is 0 Å². The monoisotopic (exact) mass is 281 g/mol. The van der Waals surface area contributed by atoms with E-state index < -0.39 is 17.7 Å². The Kier molecular flexibility index (Phi) is 4.87. The fourth-order valence-corrected chi connectivity index (χ4v) is 2.07. The molecule has 0 saturated carbocycles. The quantitative estimate of drug-likeness (QED) is 0.884. The third-order valence-electron chi connectivity index (χ3n) is 2.89. The molecule has 2 rings (SSSR count). The number of aliphatic hydroxyl groups excluding tert-OH is 1. The average molecular weight is 281 g/mol. The standard InChI is InChI=1S/C15H17F2NO2/c1-11(19)8-18(10-14-3-2-6-20-14)9-12-4-5-13(16)7-15(12)17/h2-7,11,19H,8-10H2,1H3. The molecule has 0 fully saturated rings. The van der Waals surface area contributed by atoms with E-state index in [4.69, 9.17) is 4.42 Å². The van der Waals surface area contributed by atoms with Crippen molar-refractivity contribution in [2.75, 3.05) is 6.54 Å². The third-order valence-corrected chi connectivity index (χ3v) is 2.89. The van der Waals surface area contributed by atoms with E-state index in [0.717, 1.165) is 11.8 Å². The highest BCUT2D eigenvalue weighted by molar-refractivity contribution is 5.18. The van der Waals surface area contributed by atoms with E-state index in [9.17, 15) is 13.9 Å². The number of aliphatic hydroxyl groups is 1. The van der Waals surface area contributed by atoms with Crippen LogP contribution in [0.15, 0.2) is 41.0 Å². The summed E-state index contributed by atoms with van der Waals surface area (Å²) in [7, 11) is 0. The van der Waals surface area contributed by atoms with E-state index in [1.807, 2.05) is 11.0 Å². The van der Waals surface area contributed by atoms with E-state index >= 15 is 0 Å². The number of hydrogen-bond donors (Lipinski definition) is 1. The second-order valence-corrected chi connectivity index (χ2v) is 4.83. The first-order valence-corrected chi connectivity index (χ1v) is 6.41. The molecule has 0 aliphatic rings. The van der Waals surface area contributed by atoms with Gasteiger partial charge in [0, 0.05) is 24.7 Å². The van der Waals surface area contributed by atoms with Crippen LogP contribution in [0.5, 0.6) is 0 Å². The smallest absolute Gasteiger partial charge is 0.130 e. The van der Waals surface area contributed by atoms with Gasteiger partial charge in [0.05, 0.1) is 18.9 Å². The summed E-state index contributed by atoms with van der Waals surface area (Å²) in [5, 5.41) is 9.52. The van der Waals surface area contributed by atoms with E-state index in [1.165, 1.54) is 12.1 Å². The van der Waals surface area contributed by atoms with Gasteiger partial charge < -0.3 is 9.52 Å². The number of furan rings is 1. The number of halogens is 2. The largest absolute Gasteiger partial charge is 0.468 e. The fourth-order valence-electron chi connectivity index (χ4n) is 2.07. The summed E-state index contributed by atoms with van der Waals surface area (Å²) < 4.78 is 31.8. The lowest BCUT2D eigenvalue weighted by Crippen LogP contribution is -2.30. The van der Waals surface area contributed by atoms with Gasteiger partial charge in [0.25, 0.3) is 0 Å². The van der Waals surface area contributed by atoms with Crippen LogP contribution in [0.1, 0.15) is 18.2 Å². The van der Waals surface area contributed by atoms with Gasteiger partial charge in [-0.25, -0.2) is 8.78 Å². The number of hydrogen-bond acceptors (Lipinski definition) is 3. The maximum atomic E-state index is 13.7. The molecular weight excluding hydrogens is 264 g/mol. The molecule has 2 aromatic rings. The first-order chi connectivity index (χ1) is 9.54. The Labute approximate surface area is 116 Å². The van der Waals surface area contributed by atoms with Crippen LogP contribution < -0.4 is 0 Å². The topological polar surface area (TPSA) is 36.6 Å². The molecule has 0 bridgehead atoms. The van der Waals surface area contributed by atoms with Crippen LogP contribution in [0.25, 0.3) is 0 Å². The van der Waals surface area contributed by atoms with Crippen molar-refractivity contribution < 1.29 is 18.3 Å². The minimum Gasteiger partial charge on any atom is -0.468 e. The van der Waals surface area contributed by atoms with E-state index in [1.54, 1.807) is 19.3 Å². The van der Waals surface area contributed by atoms with Crippen molar-refractivity contribution in [2.24, 2.45) is 0 Å². The van der Waals surface area contributed by atoms with Gasteiger partial charge in [-0.1, -0.05) is 6.07 Å². The Morgan fingerprint density at radius 1 is 1.25 bits per heavy atom. The zero-order valence-corrected chi connectivity index (χ0v) is 11.2. The van der Waals surface area contributed by atoms with Gasteiger partial charge in [-0.2, -0.15) is 0 Å². The lowest BCUT2D eigenvalue weighted by Gasteiger charge is -2.23. The first kappa shape index (κ1) is 14.7. The first-order valence-electron chi connectivity index (χ1n) is 6.41. The lowest BCUT2D eigenvalue weighted by molar-refractivity contribution is 0.112. The summed E-state index contributed by atoms with van der Waals surface area (Å²) in [5.41, 5.74) is 0.388. The molecule has 1 unspecified atom stereocenters. The van der Waals surface area contributed by atoms with Crippen LogP contribution >= 0.6 is 0 Å². The van der Waals surface area contributed by atoms with E-state index in [0.29, 0.717) is 18.7 Å².